The third kappa shape index (κ3) is 7.15. The number of fused-ring (bicyclic) bond motifs is 1. The fourth-order valence-corrected chi connectivity index (χ4v) is 5.04. The average Bonchev–Trinajstić information content (AvgIpc) is 2.96. The lowest BCUT2D eigenvalue weighted by Crippen LogP contribution is -2.33. The molecule has 0 radical (unpaired) electrons. The van der Waals surface area contributed by atoms with E-state index >= 15 is 0 Å². The van der Waals surface area contributed by atoms with Crippen LogP contribution in [-0.2, 0) is 22.5 Å². The first-order valence-electron chi connectivity index (χ1n) is 12.3. The van der Waals surface area contributed by atoms with Crippen molar-refractivity contribution in [1.29, 1.82) is 0 Å². The largest absolute Gasteiger partial charge is 0.491 e. The van der Waals surface area contributed by atoms with Crippen LogP contribution in [0.1, 0.15) is 60.9 Å². The predicted molar refractivity (Wildman–Crippen MR) is 135 cm³/mol. The number of nitrogens with zero attached hydrogens (tertiary/aromatic N) is 1. The van der Waals surface area contributed by atoms with Gasteiger partial charge in [-0.2, -0.15) is 13.2 Å². The van der Waals surface area contributed by atoms with Gasteiger partial charge < -0.3 is 20.1 Å². The molecule has 1 amide bonds. The number of halogens is 3. The van der Waals surface area contributed by atoms with Crippen LogP contribution in [0.3, 0.4) is 0 Å². The number of nitrogens with two attached hydrogens (primary N) is 1. The summed E-state index contributed by atoms with van der Waals surface area (Å²) in [7, 11) is 0. The summed E-state index contributed by atoms with van der Waals surface area (Å²) in [5, 5.41) is 0. The van der Waals surface area contributed by atoms with Gasteiger partial charge in [0, 0.05) is 18.8 Å². The first kappa shape index (κ1) is 27.8. The van der Waals surface area contributed by atoms with E-state index in [-0.39, 0.29) is 30.5 Å². The molecule has 0 saturated carbocycles. The Morgan fingerprint density at radius 1 is 1.06 bits per heavy atom. The van der Waals surface area contributed by atoms with Crippen molar-refractivity contribution in [2.24, 2.45) is 11.1 Å². The van der Waals surface area contributed by atoms with Crippen molar-refractivity contribution >= 4 is 11.6 Å². The van der Waals surface area contributed by atoms with Crippen molar-refractivity contribution < 1.29 is 27.4 Å². The van der Waals surface area contributed by atoms with Gasteiger partial charge in [-0.05, 0) is 84.2 Å². The lowest BCUT2D eigenvalue weighted by atomic mass is 9.73. The van der Waals surface area contributed by atoms with E-state index in [2.05, 4.69) is 21.8 Å². The summed E-state index contributed by atoms with van der Waals surface area (Å²) >= 11 is 0. The van der Waals surface area contributed by atoms with Gasteiger partial charge >= 0.3 is 6.18 Å². The highest BCUT2D eigenvalue weighted by Crippen LogP contribution is 2.40. The number of anilines is 1. The third-order valence-electron chi connectivity index (χ3n) is 6.56. The number of amides is 1. The van der Waals surface area contributed by atoms with Crippen molar-refractivity contribution in [3.8, 4) is 5.75 Å². The van der Waals surface area contributed by atoms with Crippen LogP contribution in [-0.4, -0.2) is 38.4 Å². The molecule has 0 spiro atoms. The standard InChI is InChI=1S/C28H37F3N2O3/c1-18-13-22(14-19(2)24(18)25(26(32)34)27(3,4)5)33-10-6-7-20-15-23(9-8-21(20)16-33)36-12-11-35-17-28(29,30)31/h8-9,13-15,25H,6-7,10-12,16-17H2,1-5H3,(H2,32,34). The number of hydrogen-bond acceptors (Lipinski definition) is 4. The first-order chi connectivity index (χ1) is 16.8. The number of rotatable bonds is 8. The SMILES string of the molecule is Cc1cc(N2CCCc3cc(OCCOCC(F)(F)F)ccc3C2)cc(C)c1C(C(N)=O)C(C)(C)C. The van der Waals surface area contributed by atoms with E-state index in [9.17, 15) is 18.0 Å². The molecule has 2 aromatic rings. The molecule has 1 unspecified atom stereocenters. The van der Waals surface area contributed by atoms with Gasteiger partial charge in [0.25, 0.3) is 0 Å². The molecular weight excluding hydrogens is 469 g/mol. The van der Waals surface area contributed by atoms with E-state index in [0.717, 1.165) is 48.3 Å². The second-order valence-corrected chi connectivity index (χ2v) is 10.7. The van der Waals surface area contributed by atoms with Crippen LogP contribution in [0.4, 0.5) is 18.9 Å². The number of aryl methyl sites for hydroxylation is 3. The van der Waals surface area contributed by atoms with E-state index in [0.29, 0.717) is 5.75 Å². The Bertz CT molecular complexity index is 1050. The molecule has 1 aliphatic heterocycles. The summed E-state index contributed by atoms with van der Waals surface area (Å²) in [5.41, 5.74) is 12.1. The summed E-state index contributed by atoms with van der Waals surface area (Å²) in [6.07, 6.45) is -2.49. The summed E-state index contributed by atoms with van der Waals surface area (Å²) in [6, 6.07) is 10.1. The second kappa shape index (κ2) is 11.1. The molecule has 0 saturated heterocycles. The quantitative estimate of drug-likeness (QED) is 0.458. The molecule has 1 heterocycles. The normalized spacial score (nSPS) is 15.3. The highest BCUT2D eigenvalue weighted by Gasteiger charge is 2.34. The summed E-state index contributed by atoms with van der Waals surface area (Å²) in [5.74, 6) is -0.0442. The topological polar surface area (TPSA) is 64.8 Å². The molecule has 8 heteroatoms. The summed E-state index contributed by atoms with van der Waals surface area (Å²) < 4.78 is 46.7. The molecule has 1 aliphatic rings. The summed E-state index contributed by atoms with van der Waals surface area (Å²) in [4.78, 5) is 14.7. The lowest BCUT2D eigenvalue weighted by molar-refractivity contribution is -0.175. The zero-order chi connectivity index (χ0) is 26.7. The maximum atomic E-state index is 12.3. The highest BCUT2D eigenvalue weighted by molar-refractivity contribution is 5.84. The molecule has 5 nitrogen and oxygen atoms in total. The van der Waals surface area contributed by atoms with Crippen LogP contribution >= 0.6 is 0 Å². The van der Waals surface area contributed by atoms with Gasteiger partial charge in [-0.3, -0.25) is 4.79 Å². The van der Waals surface area contributed by atoms with Gasteiger partial charge in [-0.15, -0.1) is 0 Å². The molecule has 3 rings (SSSR count). The molecule has 1 atom stereocenters. The predicted octanol–water partition coefficient (Wildman–Crippen LogP) is 5.83. The highest BCUT2D eigenvalue weighted by atomic mass is 19.4. The van der Waals surface area contributed by atoms with Crippen LogP contribution in [0.25, 0.3) is 0 Å². The molecule has 2 aromatic carbocycles. The molecule has 0 aliphatic carbocycles. The first-order valence-corrected chi connectivity index (χ1v) is 12.3. The number of carbonyl (C=O) groups is 1. The molecule has 0 fully saturated rings. The zero-order valence-corrected chi connectivity index (χ0v) is 21.8. The van der Waals surface area contributed by atoms with E-state index in [1.807, 2.05) is 52.8 Å². The number of hydrogen-bond donors (Lipinski definition) is 1. The van der Waals surface area contributed by atoms with Crippen molar-refractivity contribution in [3.05, 3.63) is 58.1 Å². The third-order valence-corrected chi connectivity index (χ3v) is 6.56. The molecular formula is C28H37F3N2O3. The Morgan fingerprint density at radius 3 is 2.31 bits per heavy atom. The minimum absolute atomic E-state index is 0.0623. The van der Waals surface area contributed by atoms with Gasteiger partial charge in [-0.25, -0.2) is 0 Å². The maximum Gasteiger partial charge on any atom is 0.411 e. The number of alkyl halides is 3. The Morgan fingerprint density at radius 2 is 1.72 bits per heavy atom. The minimum Gasteiger partial charge on any atom is -0.491 e. The van der Waals surface area contributed by atoms with Crippen LogP contribution in [0.2, 0.25) is 0 Å². The Labute approximate surface area is 211 Å². The zero-order valence-electron chi connectivity index (χ0n) is 21.8. The number of carbonyl (C=O) groups excluding carboxylic acids is 1. The molecule has 0 aromatic heterocycles. The van der Waals surface area contributed by atoms with Crippen molar-refractivity contribution in [2.75, 3.05) is 31.3 Å². The van der Waals surface area contributed by atoms with Crippen molar-refractivity contribution in [3.63, 3.8) is 0 Å². The van der Waals surface area contributed by atoms with Gasteiger partial charge in [0.15, 0.2) is 0 Å². The van der Waals surface area contributed by atoms with Crippen LogP contribution in [0.5, 0.6) is 5.75 Å². The van der Waals surface area contributed by atoms with E-state index in [1.165, 1.54) is 11.1 Å². The van der Waals surface area contributed by atoms with E-state index in [1.54, 1.807) is 0 Å². The van der Waals surface area contributed by atoms with Gasteiger partial charge in [0.1, 0.15) is 19.0 Å². The van der Waals surface area contributed by atoms with Crippen LogP contribution in [0, 0.1) is 19.3 Å². The second-order valence-electron chi connectivity index (χ2n) is 10.7. The molecule has 2 N–H and O–H groups in total. The van der Waals surface area contributed by atoms with Crippen molar-refractivity contribution in [2.45, 2.75) is 66.1 Å². The lowest BCUT2D eigenvalue weighted by Gasteiger charge is -2.32. The van der Waals surface area contributed by atoms with Gasteiger partial charge in [0.05, 0.1) is 12.5 Å². The monoisotopic (exact) mass is 506 g/mol. The van der Waals surface area contributed by atoms with E-state index < -0.39 is 12.8 Å². The Hall–Kier alpha value is -2.74. The average molecular weight is 507 g/mol. The number of ether oxygens (including phenoxy) is 2. The van der Waals surface area contributed by atoms with Crippen molar-refractivity contribution in [1.82, 2.24) is 0 Å². The van der Waals surface area contributed by atoms with E-state index in [4.69, 9.17) is 10.5 Å². The van der Waals surface area contributed by atoms with Crippen LogP contribution in [0.15, 0.2) is 30.3 Å². The number of primary amides is 1. The minimum atomic E-state index is -4.33. The fraction of sp³-hybridized carbons (Fsp3) is 0.536. The summed E-state index contributed by atoms with van der Waals surface area (Å²) in [6.45, 7) is 10.5. The molecule has 198 valence electrons. The van der Waals surface area contributed by atoms with Crippen LogP contribution < -0.4 is 15.4 Å². The Kier molecular flexibility index (Phi) is 8.59. The van der Waals surface area contributed by atoms with Gasteiger partial charge in [0.2, 0.25) is 5.91 Å². The fourth-order valence-electron chi connectivity index (χ4n) is 5.04. The molecule has 0 bridgehead atoms. The number of benzene rings is 2. The van der Waals surface area contributed by atoms with Gasteiger partial charge in [-0.1, -0.05) is 26.8 Å². The smallest absolute Gasteiger partial charge is 0.411 e. The maximum absolute atomic E-state index is 12.3. The molecule has 36 heavy (non-hydrogen) atoms. The Balaban J connectivity index is 1.73.